The minimum absolute atomic E-state index is 0.0764. The molecule has 35 heavy (non-hydrogen) atoms. The summed E-state index contributed by atoms with van der Waals surface area (Å²) in [6, 6.07) is 10.1. The zero-order valence-electron chi connectivity index (χ0n) is 19.9. The summed E-state index contributed by atoms with van der Waals surface area (Å²) in [6.45, 7) is 4.24. The van der Waals surface area contributed by atoms with Gasteiger partial charge >= 0.3 is 5.97 Å². The molecule has 0 aliphatic heterocycles. The first-order valence-electron chi connectivity index (χ1n) is 10.4. The lowest BCUT2D eigenvalue weighted by Gasteiger charge is -2.14. The Morgan fingerprint density at radius 3 is 2.37 bits per heavy atom. The number of nitrogens with one attached hydrogen (secondary N) is 1. The van der Waals surface area contributed by atoms with Gasteiger partial charge in [0, 0.05) is 17.8 Å². The molecule has 2 aromatic carbocycles. The predicted molar refractivity (Wildman–Crippen MR) is 132 cm³/mol. The molecule has 1 amide bonds. The van der Waals surface area contributed by atoms with Gasteiger partial charge in [-0.2, -0.15) is 0 Å². The van der Waals surface area contributed by atoms with Gasteiger partial charge in [-0.05, 0) is 30.3 Å². The molecular weight excluding hydrogens is 472 g/mol. The Morgan fingerprint density at radius 2 is 1.77 bits per heavy atom. The van der Waals surface area contributed by atoms with E-state index in [4.69, 9.17) is 18.9 Å². The maximum Gasteiger partial charge on any atom is 0.337 e. The fourth-order valence-corrected chi connectivity index (χ4v) is 4.03. The van der Waals surface area contributed by atoms with Crippen LogP contribution in [0.2, 0.25) is 0 Å². The van der Waals surface area contributed by atoms with Gasteiger partial charge in [0.1, 0.15) is 0 Å². The second-order valence-corrected chi connectivity index (χ2v) is 7.97. The molecule has 11 heteroatoms. The number of hydrogen-bond acceptors (Lipinski definition) is 9. The Morgan fingerprint density at radius 1 is 1.06 bits per heavy atom. The van der Waals surface area contributed by atoms with Crippen LogP contribution in [0.25, 0.3) is 11.4 Å². The molecule has 0 unspecified atom stereocenters. The zero-order valence-corrected chi connectivity index (χ0v) is 20.7. The van der Waals surface area contributed by atoms with Crippen molar-refractivity contribution in [1.29, 1.82) is 0 Å². The Kier molecular flexibility index (Phi) is 8.74. The van der Waals surface area contributed by atoms with Crippen LogP contribution in [0.15, 0.2) is 54.2 Å². The van der Waals surface area contributed by atoms with Gasteiger partial charge < -0.3 is 24.3 Å². The van der Waals surface area contributed by atoms with Crippen LogP contribution in [-0.4, -0.2) is 60.8 Å². The molecule has 3 aromatic rings. The zero-order chi connectivity index (χ0) is 25.4. The average Bonchev–Trinajstić information content (AvgIpc) is 3.28. The Bertz CT molecular complexity index is 1200. The third kappa shape index (κ3) is 5.93. The van der Waals surface area contributed by atoms with Gasteiger partial charge in [0.25, 0.3) is 0 Å². The highest BCUT2D eigenvalue weighted by molar-refractivity contribution is 7.99. The number of hydrogen-bond donors (Lipinski definition) is 1. The lowest BCUT2D eigenvalue weighted by atomic mass is 10.1. The highest BCUT2D eigenvalue weighted by atomic mass is 32.2. The Balaban J connectivity index is 1.80. The molecule has 0 saturated carbocycles. The fourth-order valence-electron chi connectivity index (χ4n) is 3.28. The minimum Gasteiger partial charge on any atom is -0.493 e. The first-order chi connectivity index (χ1) is 16.9. The number of anilines is 1. The van der Waals surface area contributed by atoms with Crippen molar-refractivity contribution in [2.75, 3.05) is 39.5 Å². The Hall–Kier alpha value is -3.99. The molecule has 1 aromatic heterocycles. The SMILES string of the molecule is C=CCn1c(SCC(=O)Nc2cccc(C(=O)OC)c2)nnc1-c1cc(OC)c(OC)c(OC)c1. The molecule has 0 spiro atoms. The van der Waals surface area contributed by atoms with E-state index in [1.54, 1.807) is 42.5 Å². The van der Waals surface area contributed by atoms with Crippen molar-refractivity contribution in [3.63, 3.8) is 0 Å². The van der Waals surface area contributed by atoms with E-state index in [1.807, 2.05) is 4.57 Å². The lowest BCUT2D eigenvalue weighted by Crippen LogP contribution is -2.15. The summed E-state index contributed by atoms with van der Waals surface area (Å²) in [4.78, 5) is 24.3. The number of amides is 1. The first kappa shape index (κ1) is 25.6. The van der Waals surface area contributed by atoms with Crippen LogP contribution in [0, 0.1) is 0 Å². The van der Waals surface area contributed by atoms with Crippen molar-refractivity contribution in [2.45, 2.75) is 11.7 Å². The van der Waals surface area contributed by atoms with Gasteiger partial charge in [0.05, 0.1) is 39.8 Å². The average molecular weight is 499 g/mol. The van der Waals surface area contributed by atoms with Gasteiger partial charge in [0.2, 0.25) is 11.7 Å². The first-order valence-corrected chi connectivity index (χ1v) is 11.4. The van der Waals surface area contributed by atoms with Gasteiger partial charge in [-0.15, -0.1) is 16.8 Å². The molecule has 0 bridgehead atoms. The molecule has 1 heterocycles. The smallest absolute Gasteiger partial charge is 0.337 e. The van der Waals surface area contributed by atoms with E-state index in [1.165, 1.54) is 40.2 Å². The van der Waals surface area contributed by atoms with Crippen LogP contribution in [-0.2, 0) is 16.1 Å². The van der Waals surface area contributed by atoms with E-state index in [0.29, 0.717) is 51.6 Å². The third-order valence-corrected chi connectivity index (χ3v) is 5.82. The molecule has 3 rings (SSSR count). The molecule has 0 fully saturated rings. The van der Waals surface area contributed by atoms with Crippen molar-refractivity contribution in [1.82, 2.24) is 14.8 Å². The number of allylic oxidation sites excluding steroid dienone is 1. The maximum absolute atomic E-state index is 12.5. The molecular formula is C24H26N4O6S. The predicted octanol–water partition coefficient (Wildman–Crippen LogP) is 3.67. The number of carbonyl (C=O) groups is 2. The number of carbonyl (C=O) groups excluding carboxylic acids is 2. The Labute approximate surface area is 207 Å². The van der Waals surface area contributed by atoms with E-state index in [2.05, 4.69) is 22.1 Å². The topological polar surface area (TPSA) is 114 Å². The molecule has 0 atom stereocenters. The number of nitrogens with zero attached hydrogens (tertiary/aromatic N) is 3. The summed E-state index contributed by atoms with van der Waals surface area (Å²) in [5.74, 6) is 1.32. The van der Waals surface area contributed by atoms with Crippen LogP contribution in [0.5, 0.6) is 17.2 Å². The molecule has 184 valence electrons. The van der Waals surface area contributed by atoms with Crippen molar-refractivity contribution in [2.24, 2.45) is 0 Å². The normalized spacial score (nSPS) is 10.4. The van der Waals surface area contributed by atoms with E-state index in [0.717, 1.165) is 0 Å². The van der Waals surface area contributed by atoms with Crippen LogP contribution in [0.1, 0.15) is 10.4 Å². The standard InChI is InChI=1S/C24H26N4O6S/c1-6-10-28-22(16-12-18(31-2)21(33-4)19(13-16)32-3)26-27-24(28)35-14-20(29)25-17-9-7-8-15(11-17)23(30)34-5/h6-9,11-13H,1,10,14H2,2-5H3,(H,25,29). The van der Waals surface area contributed by atoms with E-state index < -0.39 is 5.97 Å². The monoisotopic (exact) mass is 498 g/mol. The van der Waals surface area contributed by atoms with E-state index >= 15 is 0 Å². The van der Waals surface area contributed by atoms with Crippen LogP contribution < -0.4 is 19.5 Å². The number of ether oxygens (including phenoxy) is 4. The van der Waals surface area contributed by atoms with Crippen molar-refractivity contribution < 1.29 is 28.5 Å². The van der Waals surface area contributed by atoms with Crippen molar-refractivity contribution in [3.8, 4) is 28.6 Å². The molecule has 0 aliphatic carbocycles. The second-order valence-electron chi connectivity index (χ2n) is 7.03. The summed E-state index contributed by atoms with van der Waals surface area (Å²) >= 11 is 1.22. The van der Waals surface area contributed by atoms with Crippen LogP contribution in [0.4, 0.5) is 5.69 Å². The molecule has 0 saturated heterocycles. The van der Waals surface area contributed by atoms with Crippen molar-refractivity contribution in [3.05, 3.63) is 54.6 Å². The third-order valence-electron chi connectivity index (χ3n) is 4.85. The molecule has 10 nitrogen and oxygen atoms in total. The number of thioether (sulfide) groups is 1. The van der Waals surface area contributed by atoms with Crippen molar-refractivity contribution >= 4 is 29.3 Å². The number of rotatable bonds is 11. The summed E-state index contributed by atoms with van der Waals surface area (Å²) < 4.78 is 22.8. The maximum atomic E-state index is 12.5. The summed E-state index contributed by atoms with van der Waals surface area (Å²) in [6.07, 6.45) is 1.72. The van der Waals surface area contributed by atoms with Crippen LogP contribution >= 0.6 is 11.8 Å². The fraction of sp³-hybridized carbons (Fsp3) is 0.250. The van der Waals surface area contributed by atoms with Gasteiger partial charge in [0.15, 0.2) is 22.5 Å². The second kappa shape index (κ2) is 11.9. The number of aromatic nitrogens is 3. The minimum atomic E-state index is -0.479. The molecule has 0 aliphatic rings. The summed E-state index contributed by atoms with van der Waals surface area (Å²) in [5.41, 5.74) is 1.53. The quantitative estimate of drug-likeness (QED) is 0.240. The highest BCUT2D eigenvalue weighted by Crippen LogP contribution is 2.41. The number of methoxy groups -OCH3 is 4. The number of esters is 1. The molecule has 0 radical (unpaired) electrons. The van der Waals surface area contributed by atoms with Gasteiger partial charge in [-0.1, -0.05) is 23.9 Å². The van der Waals surface area contributed by atoms with E-state index in [9.17, 15) is 9.59 Å². The van der Waals surface area contributed by atoms with Gasteiger partial charge in [-0.3, -0.25) is 9.36 Å². The summed E-state index contributed by atoms with van der Waals surface area (Å²) in [7, 11) is 5.91. The largest absolute Gasteiger partial charge is 0.493 e. The highest BCUT2D eigenvalue weighted by Gasteiger charge is 2.20. The number of benzene rings is 2. The lowest BCUT2D eigenvalue weighted by molar-refractivity contribution is -0.113. The molecule has 1 N–H and O–H groups in total. The summed E-state index contributed by atoms with van der Waals surface area (Å²) in [5, 5.41) is 11.9. The van der Waals surface area contributed by atoms with E-state index in [-0.39, 0.29) is 11.7 Å². The van der Waals surface area contributed by atoms with Gasteiger partial charge in [-0.25, -0.2) is 4.79 Å². The van der Waals surface area contributed by atoms with Crippen LogP contribution in [0.3, 0.4) is 0 Å².